The number of rotatable bonds is 4. The van der Waals surface area contributed by atoms with E-state index >= 15 is 0 Å². The maximum Gasteiger partial charge on any atom is 0.255 e. The van der Waals surface area contributed by atoms with E-state index in [2.05, 4.69) is 21.2 Å². The smallest absolute Gasteiger partial charge is 0.255 e. The SMILES string of the molecule is COc1ccc(Br)c(NC(=O)c2cccc(C(N)=O)c2)c1. The van der Waals surface area contributed by atoms with Gasteiger partial charge in [0, 0.05) is 21.7 Å². The van der Waals surface area contributed by atoms with Gasteiger partial charge in [-0.05, 0) is 46.3 Å². The number of amides is 2. The molecule has 108 valence electrons. The van der Waals surface area contributed by atoms with Gasteiger partial charge in [-0.15, -0.1) is 0 Å². The van der Waals surface area contributed by atoms with Crippen molar-refractivity contribution in [2.24, 2.45) is 5.73 Å². The van der Waals surface area contributed by atoms with Crippen molar-refractivity contribution in [2.75, 3.05) is 12.4 Å². The number of ether oxygens (including phenoxy) is 1. The molecule has 0 unspecified atom stereocenters. The summed E-state index contributed by atoms with van der Waals surface area (Å²) in [5, 5.41) is 2.75. The molecule has 0 aliphatic carbocycles. The number of benzene rings is 2. The fourth-order valence-electron chi connectivity index (χ4n) is 1.74. The molecule has 0 fully saturated rings. The minimum absolute atomic E-state index is 0.285. The van der Waals surface area contributed by atoms with Crippen LogP contribution in [0.5, 0.6) is 5.75 Å². The normalized spacial score (nSPS) is 10.0. The van der Waals surface area contributed by atoms with Crippen LogP contribution in [0.2, 0.25) is 0 Å². The van der Waals surface area contributed by atoms with E-state index in [1.165, 1.54) is 6.07 Å². The Morgan fingerprint density at radius 2 is 1.86 bits per heavy atom. The Hall–Kier alpha value is -2.34. The molecule has 21 heavy (non-hydrogen) atoms. The largest absolute Gasteiger partial charge is 0.497 e. The van der Waals surface area contributed by atoms with Crippen LogP contribution < -0.4 is 15.8 Å². The molecule has 0 aliphatic rings. The lowest BCUT2D eigenvalue weighted by Gasteiger charge is -2.09. The van der Waals surface area contributed by atoms with Crippen LogP contribution in [0.4, 0.5) is 5.69 Å². The number of nitrogens with two attached hydrogens (primary N) is 1. The fourth-order valence-corrected chi connectivity index (χ4v) is 2.08. The molecule has 2 amide bonds. The summed E-state index contributed by atoms with van der Waals surface area (Å²) >= 11 is 3.35. The number of primary amides is 1. The second-order valence-electron chi connectivity index (χ2n) is 4.24. The van der Waals surface area contributed by atoms with Crippen LogP contribution >= 0.6 is 15.9 Å². The predicted molar refractivity (Wildman–Crippen MR) is 83.6 cm³/mol. The topological polar surface area (TPSA) is 81.4 Å². The number of nitrogens with one attached hydrogen (secondary N) is 1. The van der Waals surface area contributed by atoms with Gasteiger partial charge in [0.1, 0.15) is 5.75 Å². The van der Waals surface area contributed by atoms with Crippen molar-refractivity contribution in [1.82, 2.24) is 0 Å². The van der Waals surface area contributed by atoms with Crippen LogP contribution in [-0.2, 0) is 0 Å². The average Bonchev–Trinajstić information content (AvgIpc) is 2.49. The molecular weight excluding hydrogens is 336 g/mol. The van der Waals surface area contributed by atoms with Crippen LogP contribution in [0, 0.1) is 0 Å². The highest BCUT2D eigenvalue weighted by molar-refractivity contribution is 9.10. The second kappa shape index (κ2) is 6.41. The molecule has 0 bridgehead atoms. The molecule has 5 nitrogen and oxygen atoms in total. The first-order chi connectivity index (χ1) is 10.0. The minimum Gasteiger partial charge on any atom is -0.497 e. The second-order valence-corrected chi connectivity index (χ2v) is 5.10. The Balaban J connectivity index is 2.25. The van der Waals surface area contributed by atoms with Crippen molar-refractivity contribution in [1.29, 1.82) is 0 Å². The first kappa shape index (κ1) is 15.1. The van der Waals surface area contributed by atoms with Gasteiger partial charge < -0.3 is 15.8 Å². The van der Waals surface area contributed by atoms with Crippen LogP contribution in [0.15, 0.2) is 46.9 Å². The van der Waals surface area contributed by atoms with Gasteiger partial charge in [0.15, 0.2) is 0 Å². The van der Waals surface area contributed by atoms with Gasteiger partial charge in [-0.1, -0.05) is 6.07 Å². The number of halogens is 1. The summed E-state index contributed by atoms with van der Waals surface area (Å²) in [5.74, 6) is -0.293. The van der Waals surface area contributed by atoms with Gasteiger partial charge in [0.05, 0.1) is 12.8 Å². The number of hydrogen-bond acceptors (Lipinski definition) is 3. The van der Waals surface area contributed by atoms with E-state index < -0.39 is 5.91 Å². The molecule has 0 aromatic heterocycles. The zero-order valence-corrected chi connectivity index (χ0v) is 12.8. The standard InChI is InChI=1S/C15H13BrN2O3/c1-21-11-5-6-12(16)13(8-11)18-15(20)10-4-2-3-9(7-10)14(17)19/h2-8H,1H3,(H2,17,19)(H,18,20). The van der Waals surface area contributed by atoms with Gasteiger partial charge in [0.2, 0.25) is 5.91 Å². The summed E-state index contributed by atoms with van der Waals surface area (Å²) in [6, 6.07) is 11.5. The zero-order valence-electron chi connectivity index (χ0n) is 11.2. The van der Waals surface area contributed by atoms with E-state index in [4.69, 9.17) is 10.5 Å². The van der Waals surface area contributed by atoms with E-state index in [0.29, 0.717) is 17.0 Å². The van der Waals surface area contributed by atoms with Gasteiger partial charge in [-0.3, -0.25) is 9.59 Å². The van der Waals surface area contributed by atoms with E-state index in [0.717, 1.165) is 4.47 Å². The maximum atomic E-state index is 12.2. The molecule has 2 rings (SSSR count). The molecule has 0 saturated carbocycles. The highest BCUT2D eigenvalue weighted by atomic mass is 79.9. The van der Waals surface area contributed by atoms with Crippen molar-refractivity contribution < 1.29 is 14.3 Å². The van der Waals surface area contributed by atoms with E-state index in [-0.39, 0.29) is 11.5 Å². The summed E-state index contributed by atoms with van der Waals surface area (Å²) < 4.78 is 5.84. The molecule has 0 spiro atoms. The molecule has 0 saturated heterocycles. The first-order valence-electron chi connectivity index (χ1n) is 6.06. The molecule has 0 atom stereocenters. The summed E-state index contributed by atoms with van der Waals surface area (Å²) in [6.07, 6.45) is 0. The third-order valence-electron chi connectivity index (χ3n) is 2.83. The van der Waals surface area contributed by atoms with Gasteiger partial charge in [0.25, 0.3) is 5.91 Å². The van der Waals surface area contributed by atoms with Crippen LogP contribution in [-0.4, -0.2) is 18.9 Å². The highest BCUT2D eigenvalue weighted by Gasteiger charge is 2.11. The lowest BCUT2D eigenvalue weighted by Crippen LogP contribution is -2.15. The van der Waals surface area contributed by atoms with Crippen LogP contribution in [0.25, 0.3) is 0 Å². The van der Waals surface area contributed by atoms with Gasteiger partial charge in [-0.2, -0.15) is 0 Å². The van der Waals surface area contributed by atoms with Gasteiger partial charge in [-0.25, -0.2) is 0 Å². The van der Waals surface area contributed by atoms with Crippen molar-refractivity contribution in [3.8, 4) is 5.75 Å². The fraction of sp³-hybridized carbons (Fsp3) is 0.0667. The van der Waals surface area contributed by atoms with Crippen LogP contribution in [0.1, 0.15) is 20.7 Å². The minimum atomic E-state index is -0.577. The summed E-state index contributed by atoms with van der Waals surface area (Å²) in [5.41, 5.74) is 6.41. The molecular formula is C15H13BrN2O3. The van der Waals surface area contributed by atoms with Crippen molar-refractivity contribution in [3.05, 3.63) is 58.1 Å². The summed E-state index contributed by atoms with van der Waals surface area (Å²) in [7, 11) is 1.55. The number of hydrogen-bond donors (Lipinski definition) is 2. The number of carbonyl (C=O) groups excluding carboxylic acids is 2. The number of carbonyl (C=O) groups is 2. The molecule has 3 N–H and O–H groups in total. The summed E-state index contributed by atoms with van der Waals surface area (Å²) in [6.45, 7) is 0. The third kappa shape index (κ3) is 3.61. The lowest BCUT2D eigenvalue weighted by molar-refractivity contribution is 0.1000. The maximum absolute atomic E-state index is 12.2. The third-order valence-corrected chi connectivity index (χ3v) is 3.52. The Kier molecular flexibility index (Phi) is 4.59. The van der Waals surface area contributed by atoms with E-state index in [1.54, 1.807) is 43.5 Å². The number of anilines is 1. The van der Waals surface area contributed by atoms with Crippen molar-refractivity contribution in [3.63, 3.8) is 0 Å². The Labute approximate surface area is 130 Å². The molecule has 2 aromatic carbocycles. The Morgan fingerprint density at radius 1 is 1.14 bits per heavy atom. The molecule has 0 radical (unpaired) electrons. The zero-order chi connectivity index (χ0) is 15.4. The first-order valence-corrected chi connectivity index (χ1v) is 6.85. The van der Waals surface area contributed by atoms with Crippen molar-refractivity contribution in [2.45, 2.75) is 0 Å². The van der Waals surface area contributed by atoms with Gasteiger partial charge >= 0.3 is 0 Å². The van der Waals surface area contributed by atoms with E-state index in [1.807, 2.05) is 0 Å². The molecule has 6 heteroatoms. The lowest BCUT2D eigenvalue weighted by atomic mass is 10.1. The van der Waals surface area contributed by atoms with Crippen molar-refractivity contribution >= 4 is 33.4 Å². The highest BCUT2D eigenvalue weighted by Crippen LogP contribution is 2.27. The van der Waals surface area contributed by atoms with Crippen LogP contribution in [0.3, 0.4) is 0 Å². The molecule has 2 aromatic rings. The monoisotopic (exact) mass is 348 g/mol. The Morgan fingerprint density at radius 3 is 2.52 bits per heavy atom. The average molecular weight is 349 g/mol. The predicted octanol–water partition coefficient (Wildman–Crippen LogP) is 2.81. The summed E-state index contributed by atoms with van der Waals surface area (Å²) in [4.78, 5) is 23.4. The Bertz CT molecular complexity index is 701. The quantitative estimate of drug-likeness (QED) is 0.891. The molecule has 0 heterocycles. The van der Waals surface area contributed by atoms with E-state index in [9.17, 15) is 9.59 Å². The number of methoxy groups -OCH3 is 1. The molecule has 0 aliphatic heterocycles.